The van der Waals surface area contributed by atoms with Crippen molar-refractivity contribution in [1.29, 1.82) is 0 Å². The highest BCUT2D eigenvalue weighted by Gasteiger charge is 2.38. The molecular weight excluding hydrogens is 426 g/mol. The lowest BCUT2D eigenvalue weighted by Crippen LogP contribution is -2.46. The molecule has 0 saturated carbocycles. The smallest absolute Gasteiger partial charge is 0.314 e. The van der Waals surface area contributed by atoms with Crippen molar-refractivity contribution in [2.45, 2.75) is 12.6 Å². The van der Waals surface area contributed by atoms with E-state index >= 15 is 0 Å². The van der Waals surface area contributed by atoms with Gasteiger partial charge in [-0.3, -0.25) is 0 Å². The summed E-state index contributed by atoms with van der Waals surface area (Å²) in [6.45, 7) is -1.37. The van der Waals surface area contributed by atoms with Gasteiger partial charge in [0.15, 0.2) is 0 Å². The van der Waals surface area contributed by atoms with Gasteiger partial charge in [-0.25, -0.2) is 14.3 Å². The molecule has 4 rings (SSSR count). The average molecular weight is 440 g/mol. The number of nitrogens with zero attached hydrogens (tertiary/aromatic N) is 3. The van der Waals surface area contributed by atoms with Crippen molar-refractivity contribution < 1.29 is 18.0 Å². The third kappa shape index (κ3) is 3.84. The highest BCUT2D eigenvalue weighted by molar-refractivity contribution is 6.33. The van der Waals surface area contributed by atoms with Crippen molar-refractivity contribution in [2.24, 2.45) is 0 Å². The summed E-state index contributed by atoms with van der Waals surface area (Å²) in [6.07, 6.45) is -4.29. The summed E-state index contributed by atoms with van der Waals surface area (Å²) in [7, 11) is 0. The summed E-state index contributed by atoms with van der Waals surface area (Å²) in [6, 6.07) is 12.9. The molecule has 4 nitrogen and oxygen atoms in total. The lowest BCUT2D eigenvalue weighted by Gasteiger charge is -2.29. The number of aromatic nitrogens is 2. The zero-order valence-corrected chi connectivity index (χ0v) is 16.4. The van der Waals surface area contributed by atoms with Crippen LogP contribution in [-0.2, 0) is 6.42 Å². The summed E-state index contributed by atoms with van der Waals surface area (Å²) in [5.41, 5.74) is 2.03. The van der Waals surface area contributed by atoms with Crippen LogP contribution in [0.1, 0.15) is 5.82 Å². The fourth-order valence-electron chi connectivity index (χ4n) is 3.39. The highest BCUT2D eigenvalue weighted by Crippen LogP contribution is 2.38. The van der Waals surface area contributed by atoms with Crippen molar-refractivity contribution in [3.8, 4) is 22.5 Å². The normalized spacial score (nSPS) is 14.2. The van der Waals surface area contributed by atoms with Crippen LogP contribution in [0.5, 0.6) is 0 Å². The van der Waals surface area contributed by atoms with Crippen LogP contribution >= 0.6 is 23.2 Å². The molecule has 29 heavy (non-hydrogen) atoms. The van der Waals surface area contributed by atoms with Gasteiger partial charge >= 0.3 is 12.2 Å². The second kappa shape index (κ2) is 7.39. The SMILES string of the molecule is O=C1N(CC(F)(F)F)CCc2nc(-c3ccccc3Cl)c(-c3ccc(Cl)cc3)n21. The number of fused-ring (bicyclic) bond motifs is 1. The molecule has 0 fully saturated rings. The summed E-state index contributed by atoms with van der Waals surface area (Å²) in [5.74, 6) is 0.397. The molecule has 0 spiro atoms. The lowest BCUT2D eigenvalue weighted by atomic mass is 10.0. The largest absolute Gasteiger partial charge is 0.406 e. The average Bonchev–Trinajstić information content (AvgIpc) is 3.04. The number of rotatable bonds is 3. The molecular formula is C20H14Cl2F3N3O. The zero-order valence-electron chi connectivity index (χ0n) is 14.9. The summed E-state index contributed by atoms with van der Waals surface area (Å²) in [5, 5.41) is 0.925. The fraction of sp³-hybridized carbons (Fsp3) is 0.200. The molecule has 1 aromatic heterocycles. The van der Waals surface area contributed by atoms with Gasteiger partial charge in [0, 0.05) is 29.1 Å². The maximum Gasteiger partial charge on any atom is 0.406 e. The van der Waals surface area contributed by atoms with Gasteiger partial charge in [-0.15, -0.1) is 0 Å². The Balaban J connectivity index is 1.92. The van der Waals surface area contributed by atoms with E-state index in [-0.39, 0.29) is 13.0 Å². The molecule has 3 aromatic rings. The second-order valence-corrected chi connectivity index (χ2v) is 7.46. The molecule has 2 heterocycles. The first-order chi connectivity index (χ1) is 13.7. The Bertz CT molecular complexity index is 1080. The van der Waals surface area contributed by atoms with Crippen LogP contribution in [0.4, 0.5) is 18.0 Å². The number of benzene rings is 2. The van der Waals surface area contributed by atoms with Crippen LogP contribution in [-0.4, -0.2) is 39.7 Å². The minimum atomic E-state index is -4.49. The quantitative estimate of drug-likeness (QED) is 0.508. The molecule has 0 aliphatic carbocycles. The van der Waals surface area contributed by atoms with E-state index in [1.807, 2.05) is 0 Å². The first-order valence-corrected chi connectivity index (χ1v) is 9.48. The van der Waals surface area contributed by atoms with E-state index < -0.39 is 18.8 Å². The van der Waals surface area contributed by atoms with Gasteiger partial charge in [0.1, 0.15) is 12.4 Å². The molecule has 0 N–H and O–H groups in total. The molecule has 1 amide bonds. The first-order valence-electron chi connectivity index (χ1n) is 8.73. The van der Waals surface area contributed by atoms with Crippen LogP contribution in [0.2, 0.25) is 10.0 Å². The van der Waals surface area contributed by atoms with Crippen LogP contribution < -0.4 is 0 Å². The maximum absolute atomic E-state index is 13.0. The molecule has 0 atom stereocenters. The Labute approximate surface area is 174 Å². The summed E-state index contributed by atoms with van der Waals surface area (Å²) >= 11 is 12.3. The molecule has 9 heteroatoms. The molecule has 0 saturated heterocycles. The molecule has 0 unspecified atom stereocenters. The summed E-state index contributed by atoms with van der Waals surface area (Å²) < 4.78 is 40.0. The number of hydrogen-bond acceptors (Lipinski definition) is 2. The molecule has 0 radical (unpaired) electrons. The standard InChI is InChI=1S/C20H14Cl2F3N3O/c21-13-7-5-12(6-8-13)18-17(14-3-1-2-4-15(14)22)26-16-9-10-27(11-20(23,24)25)19(29)28(16)18/h1-8H,9-11H2. The van der Waals surface area contributed by atoms with Crippen molar-refractivity contribution in [2.75, 3.05) is 13.1 Å². The summed E-state index contributed by atoms with van der Waals surface area (Å²) in [4.78, 5) is 18.3. The molecule has 0 bridgehead atoms. The van der Waals surface area contributed by atoms with Gasteiger partial charge in [0.05, 0.1) is 16.4 Å². The van der Waals surface area contributed by atoms with E-state index in [9.17, 15) is 18.0 Å². The number of halogens is 5. The molecule has 150 valence electrons. The van der Waals surface area contributed by atoms with Crippen molar-refractivity contribution >= 4 is 29.2 Å². The highest BCUT2D eigenvalue weighted by atomic mass is 35.5. The zero-order chi connectivity index (χ0) is 20.8. The Morgan fingerprint density at radius 1 is 1.03 bits per heavy atom. The van der Waals surface area contributed by atoms with Gasteiger partial charge in [-0.05, 0) is 18.2 Å². The topological polar surface area (TPSA) is 38.1 Å². The predicted molar refractivity (Wildman–Crippen MR) is 105 cm³/mol. The van der Waals surface area contributed by atoms with Crippen molar-refractivity contribution in [3.05, 3.63) is 64.4 Å². The molecule has 1 aliphatic rings. The van der Waals surface area contributed by atoms with Gasteiger partial charge in [0.2, 0.25) is 0 Å². The van der Waals surface area contributed by atoms with Crippen LogP contribution in [0.15, 0.2) is 48.5 Å². The number of hydrogen-bond donors (Lipinski definition) is 0. The van der Waals surface area contributed by atoms with Gasteiger partial charge in [0.25, 0.3) is 0 Å². The third-order valence-electron chi connectivity index (χ3n) is 4.63. The fourth-order valence-corrected chi connectivity index (χ4v) is 3.74. The van der Waals surface area contributed by atoms with Crippen LogP contribution in [0.3, 0.4) is 0 Å². The number of imidazole rings is 1. The minimum Gasteiger partial charge on any atom is -0.314 e. The van der Waals surface area contributed by atoms with E-state index in [2.05, 4.69) is 4.98 Å². The Hall–Kier alpha value is -2.51. The number of carbonyl (C=O) groups is 1. The number of alkyl halides is 3. The van der Waals surface area contributed by atoms with E-state index in [1.165, 1.54) is 4.57 Å². The lowest BCUT2D eigenvalue weighted by molar-refractivity contribution is -0.140. The van der Waals surface area contributed by atoms with Gasteiger partial charge in [-0.2, -0.15) is 13.2 Å². The van der Waals surface area contributed by atoms with Crippen molar-refractivity contribution in [1.82, 2.24) is 14.5 Å². The van der Waals surface area contributed by atoms with E-state index in [0.29, 0.717) is 38.4 Å². The third-order valence-corrected chi connectivity index (χ3v) is 5.21. The maximum atomic E-state index is 13.0. The van der Waals surface area contributed by atoms with E-state index in [1.54, 1.807) is 48.5 Å². The van der Waals surface area contributed by atoms with Crippen LogP contribution in [0, 0.1) is 0 Å². The molecule has 1 aliphatic heterocycles. The Kier molecular flexibility index (Phi) is 5.04. The van der Waals surface area contributed by atoms with Crippen molar-refractivity contribution in [3.63, 3.8) is 0 Å². The van der Waals surface area contributed by atoms with Gasteiger partial charge < -0.3 is 4.90 Å². The second-order valence-electron chi connectivity index (χ2n) is 6.62. The number of carbonyl (C=O) groups excluding carboxylic acids is 1. The minimum absolute atomic E-state index is 0.0582. The van der Waals surface area contributed by atoms with Crippen LogP contribution in [0.25, 0.3) is 22.5 Å². The molecule has 2 aromatic carbocycles. The van der Waals surface area contributed by atoms with Gasteiger partial charge in [-0.1, -0.05) is 53.5 Å². The van der Waals surface area contributed by atoms with E-state index in [0.717, 1.165) is 4.90 Å². The Morgan fingerprint density at radius 2 is 1.72 bits per heavy atom. The monoisotopic (exact) mass is 439 g/mol. The Morgan fingerprint density at radius 3 is 2.38 bits per heavy atom. The number of amides is 1. The first kappa shape index (κ1) is 19.8. The predicted octanol–water partition coefficient (Wildman–Crippen LogP) is 5.91. The van der Waals surface area contributed by atoms with E-state index in [4.69, 9.17) is 23.2 Å².